The lowest BCUT2D eigenvalue weighted by molar-refractivity contribution is 0.798. The Bertz CT molecular complexity index is 484. The van der Waals surface area contributed by atoms with E-state index in [1.807, 2.05) is 12.1 Å². The predicted molar refractivity (Wildman–Crippen MR) is 53.8 cm³/mol. The number of nitrogens with zero attached hydrogens (tertiary/aromatic N) is 4. The van der Waals surface area contributed by atoms with Gasteiger partial charge in [-0.25, -0.2) is 4.68 Å². The van der Waals surface area contributed by atoms with Gasteiger partial charge in [0, 0.05) is 4.47 Å². The molecule has 0 aliphatic rings. The largest absolute Gasteiger partial charge is 0.218 e. The third kappa shape index (κ3) is 1.40. The normalized spacial score (nSPS) is 9.71. The summed E-state index contributed by atoms with van der Waals surface area (Å²) in [5.74, 6) is 0. The van der Waals surface area contributed by atoms with Gasteiger partial charge in [0.15, 0.2) is 0 Å². The van der Waals surface area contributed by atoms with Crippen molar-refractivity contribution in [3.05, 3.63) is 40.6 Å². The van der Waals surface area contributed by atoms with Crippen LogP contribution in [0, 0.1) is 11.3 Å². The van der Waals surface area contributed by atoms with Crippen molar-refractivity contribution in [3.8, 4) is 11.8 Å². The molecule has 1 aromatic carbocycles. The third-order valence-corrected chi connectivity index (χ3v) is 2.40. The summed E-state index contributed by atoms with van der Waals surface area (Å²) in [7, 11) is 0. The zero-order valence-corrected chi connectivity index (χ0v) is 8.64. The van der Waals surface area contributed by atoms with Gasteiger partial charge in [0.1, 0.15) is 6.07 Å². The third-order valence-electron chi connectivity index (χ3n) is 1.76. The highest BCUT2D eigenvalue weighted by Gasteiger charge is 2.08. The van der Waals surface area contributed by atoms with Crippen molar-refractivity contribution in [1.29, 1.82) is 5.26 Å². The molecule has 2 rings (SSSR count). The Kier molecular flexibility index (Phi) is 2.29. The SMILES string of the molecule is N#Cc1cccc(Br)c1-n1ccnn1. The van der Waals surface area contributed by atoms with E-state index in [-0.39, 0.29) is 0 Å². The molecule has 2 aromatic rings. The summed E-state index contributed by atoms with van der Waals surface area (Å²) in [6.07, 6.45) is 3.27. The number of rotatable bonds is 1. The number of halogens is 1. The number of aromatic nitrogens is 3. The van der Waals surface area contributed by atoms with Crippen LogP contribution in [0.5, 0.6) is 0 Å². The highest BCUT2D eigenvalue weighted by Crippen LogP contribution is 2.23. The van der Waals surface area contributed by atoms with Gasteiger partial charge >= 0.3 is 0 Å². The van der Waals surface area contributed by atoms with Gasteiger partial charge in [-0.2, -0.15) is 5.26 Å². The minimum atomic E-state index is 0.560. The van der Waals surface area contributed by atoms with Crippen LogP contribution in [0.15, 0.2) is 35.1 Å². The first kappa shape index (κ1) is 8.91. The van der Waals surface area contributed by atoms with Crippen LogP contribution in [-0.2, 0) is 0 Å². The molecule has 1 heterocycles. The zero-order chi connectivity index (χ0) is 9.97. The first-order chi connectivity index (χ1) is 6.83. The van der Waals surface area contributed by atoms with Crippen molar-refractivity contribution < 1.29 is 0 Å². The summed E-state index contributed by atoms with van der Waals surface area (Å²) in [6.45, 7) is 0. The van der Waals surface area contributed by atoms with Crippen LogP contribution in [0.3, 0.4) is 0 Å². The number of hydrogen-bond donors (Lipinski definition) is 0. The maximum atomic E-state index is 8.91. The zero-order valence-electron chi connectivity index (χ0n) is 7.05. The molecule has 0 unspecified atom stereocenters. The van der Waals surface area contributed by atoms with Crippen molar-refractivity contribution >= 4 is 15.9 Å². The molecule has 68 valence electrons. The van der Waals surface area contributed by atoms with Crippen molar-refractivity contribution in [3.63, 3.8) is 0 Å². The number of para-hydroxylation sites is 1. The lowest BCUT2D eigenvalue weighted by atomic mass is 10.2. The lowest BCUT2D eigenvalue weighted by Crippen LogP contribution is -1.99. The van der Waals surface area contributed by atoms with E-state index in [0.717, 1.165) is 4.47 Å². The van der Waals surface area contributed by atoms with E-state index < -0.39 is 0 Å². The standard InChI is InChI=1S/C9H5BrN4/c10-8-3-1-2-7(6-11)9(8)14-5-4-12-13-14/h1-5H. The van der Waals surface area contributed by atoms with E-state index in [4.69, 9.17) is 5.26 Å². The molecule has 0 saturated carbocycles. The first-order valence-electron chi connectivity index (χ1n) is 3.88. The highest BCUT2D eigenvalue weighted by molar-refractivity contribution is 9.10. The van der Waals surface area contributed by atoms with Gasteiger partial charge in [0.05, 0.1) is 23.6 Å². The van der Waals surface area contributed by atoms with Gasteiger partial charge in [-0.15, -0.1) is 5.10 Å². The van der Waals surface area contributed by atoms with Gasteiger partial charge < -0.3 is 0 Å². The molecule has 4 nitrogen and oxygen atoms in total. The van der Waals surface area contributed by atoms with Gasteiger partial charge in [-0.3, -0.25) is 0 Å². The van der Waals surface area contributed by atoms with Gasteiger partial charge in [0.2, 0.25) is 0 Å². The van der Waals surface area contributed by atoms with Gasteiger partial charge in [0.25, 0.3) is 0 Å². The van der Waals surface area contributed by atoms with E-state index in [2.05, 4.69) is 32.3 Å². The predicted octanol–water partition coefficient (Wildman–Crippen LogP) is 1.90. The smallest absolute Gasteiger partial charge is 0.101 e. The molecule has 0 aliphatic carbocycles. The molecule has 0 bridgehead atoms. The Morgan fingerprint density at radius 3 is 2.93 bits per heavy atom. The molecule has 0 fully saturated rings. The molecular formula is C9H5BrN4. The molecule has 0 spiro atoms. The van der Waals surface area contributed by atoms with Crippen LogP contribution in [0.25, 0.3) is 5.69 Å². The van der Waals surface area contributed by atoms with Crippen molar-refractivity contribution in [1.82, 2.24) is 15.0 Å². The number of nitriles is 1. The molecule has 1 aromatic heterocycles. The number of hydrogen-bond acceptors (Lipinski definition) is 3. The van der Waals surface area contributed by atoms with Crippen LogP contribution in [0.2, 0.25) is 0 Å². The first-order valence-corrected chi connectivity index (χ1v) is 4.67. The molecule has 0 aliphatic heterocycles. The van der Waals surface area contributed by atoms with Crippen LogP contribution < -0.4 is 0 Å². The Morgan fingerprint density at radius 1 is 1.43 bits per heavy atom. The van der Waals surface area contributed by atoms with Gasteiger partial charge in [-0.05, 0) is 28.1 Å². The van der Waals surface area contributed by atoms with Crippen molar-refractivity contribution in [2.75, 3.05) is 0 Å². The molecule has 0 N–H and O–H groups in total. The maximum absolute atomic E-state index is 8.91. The van der Waals surface area contributed by atoms with Crippen molar-refractivity contribution in [2.24, 2.45) is 0 Å². The Labute approximate surface area is 88.9 Å². The van der Waals surface area contributed by atoms with Crippen LogP contribution >= 0.6 is 15.9 Å². The maximum Gasteiger partial charge on any atom is 0.101 e. The summed E-state index contributed by atoms with van der Waals surface area (Å²) in [4.78, 5) is 0. The summed E-state index contributed by atoms with van der Waals surface area (Å²) in [5.41, 5.74) is 1.28. The summed E-state index contributed by atoms with van der Waals surface area (Å²) < 4.78 is 2.38. The quantitative estimate of drug-likeness (QED) is 0.775. The molecule has 0 saturated heterocycles. The van der Waals surface area contributed by atoms with Crippen LogP contribution in [0.4, 0.5) is 0 Å². The topological polar surface area (TPSA) is 54.5 Å². The second kappa shape index (κ2) is 3.60. The van der Waals surface area contributed by atoms with Crippen molar-refractivity contribution in [2.45, 2.75) is 0 Å². The molecule has 0 amide bonds. The van der Waals surface area contributed by atoms with E-state index >= 15 is 0 Å². The molecule has 5 heteroatoms. The van der Waals surface area contributed by atoms with E-state index in [1.165, 1.54) is 0 Å². The van der Waals surface area contributed by atoms with Crippen LogP contribution in [-0.4, -0.2) is 15.0 Å². The van der Waals surface area contributed by atoms with E-state index in [0.29, 0.717) is 11.3 Å². The Hall–Kier alpha value is -1.67. The van der Waals surface area contributed by atoms with E-state index in [9.17, 15) is 0 Å². The molecule has 0 atom stereocenters. The monoisotopic (exact) mass is 248 g/mol. The second-order valence-electron chi connectivity index (χ2n) is 2.60. The fourth-order valence-electron chi connectivity index (χ4n) is 1.17. The Morgan fingerprint density at radius 2 is 2.29 bits per heavy atom. The van der Waals surface area contributed by atoms with Gasteiger partial charge in [-0.1, -0.05) is 11.3 Å². The fraction of sp³-hybridized carbons (Fsp3) is 0. The summed E-state index contributed by atoms with van der Waals surface area (Å²) >= 11 is 3.37. The summed E-state index contributed by atoms with van der Waals surface area (Å²) in [5, 5.41) is 16.4. The average Bonchev–Trinajstić information content (AvgIpc) is 2.70. The second-order valence-corrected chi connectivity index (χ2v) is 3.45. The lowest BCUT2D eigenvalue weighted by Gasteiger charge is -2.04. The summed E-state index contributed by atoms with van der Waals surface area (Å²) in [6, 6.07) is 7.51. The Balaban J connectivity index is 2.69. The van der Waals surface area contributed by atoms with E-state index in [1.54, 1.807) is 23.1 Å². The minimum Gasteiger partial charge on any atom is -0.218 e. The minimum absolute atomic E-state index is 0.560. The fourth-order valence-corrected chi connectivity index (χ4v) is 1.71. The molecular weight excluding hydrogens is 244 g/mol. The highest BCUT2D eigenvalue weighted by atomic mass is 79.9. The molecule has 14 heavy (non-hydrogen) atoms. The molecule has 0 radical (unpaired) electrons. The average molecular weight is 249 g/mol. The number of benzene rings is 1. The van der Waals surface area contributed by atoms with Crippen LogP contribution in [0.1, 0.15) is 5.56 Å².